The van der Waals surface area contributed by atoms with Gasteiger partial charge in [0, 0.05) is 5.39 Å². The maximum Gasteiger partial charge on any atom is 0.319 e. The molecular weight excluding hydrogens is 316 g/mol. The molecule has 0 radical (unpaired) electrons. The number of rotatable bonds is 2. The number of aldehydes is 1. The molecule has 0 bridgehead atoms. The standard InChI is InChI=1S/C21H24O4/c1-13-14-5-6-18-20(2,16(14)11-17-15(13)7-10-25-17)8-4-9-21(18,12-22)19(23)24-3/h7,10-12,18H,4-6,8-9H2,1-3H3/t18-,20-,21+/m1/s1. The van der Waals surface area contributed by atoms with Gasteiger partial charge < -0.3 is 13.9 Å². The van der Waals surface area contributed by atoms with Crippen LogP contribution in [0.2, 0.25) is 0 Å². The molecular formula is C21H24O4. The summed E-state index contributed by atoms with van der Waals surface area (Å²) in [6, 6.07) is 4.16. The number of carbonyl (C=O) groups excluding carboxylic acids is 2. The van der Waals surface area contributed by atoms with E-state index in [2.05, 4.69) is 19.9 Å². The first-order valence-electron chi connectivity index (χ1n) is 9.03. The summed E-state index contributed by atoms with van der Waals surface area (Å²) in [5, 5.41) is 1.16. The summed E-state index contributed by atoms with van der Waals surface area (Å²) in [5.74, 6) is -0.407. The topological polar surface area (TPSA) is 56.5 Å². The molecule has 0 spiro atoms. The van der Waals surface area contributed by atoms with Crippen LogP contribution in [0.1, 0.15) is 49.3 Å². The van der Waals surface area contributed by atoms with Crippen LogP contribution in [0.25, 0.3) is 11.0 Å². The molecule has 1 aromatic heterocycles. The van der Waals surface area contributed by atoms with Crippen molar-refractivity contribution in [2.75, 3.05) is 7.11 Å². The molecule has 1 fully saturated rings. The van der Waals surface area contributed by atoms with Crippen molar-refractivity contribution in [3.63, 3.8) is 0 Å². The predicted octanol–water partition coefficient (Wildman–Crippen LogP) is 4.10. The van der Waals surface area contributed by atoms with Crippen molar-refractivity contribution in [1.82, 2.24) is 0 Å². The molecule has 4 nitrogen and oxygen atoms in total. The van der Waals surface area contributed by atoms with Crippen LogP contribution in [-0.4, -0.2) is 19.4 Å². The van der Waals surface area contributed by atoms with Crippen LogP contribution in [0.4, 0.5) is 0 Å². The lowest BCUT2D eigenvalue weighted by atomic mass is 9.49. The van der Waals surface area contributed by atoms with Gasteiger partial charge >= 0.3 is 5.97 Å². The zero-order chi connectivity index (χ0) is 17.8. The maximum atomic E-state index is 12.6. The number of benzene rings is 1. The van der Waals surface area contributed by atoms with Crippen LogP contribution in [0, 0.1) is 18.3 Å². The summed E-state index contributed by atoms with van der Waals surface area (Å²) in [6.07, 6.45) is 6.72. The molecule has 1 saturated carbocycles. The molecule has 25 heavy (non-hydrogen) atoms. The molecule has 0 unspecified atom stereocenters. The smallest absolute Gasteiger partial charge is 0.319 e. The van der Waals surface area contributed by atoms with Gasteiger partial charge in [0.1, 0.15) is 17.3 Å². The first kappa shape index (κ1) is 16.4. The molecule has 2 aliphatic rings. The molecule has 0 aliphatic heterocycles. The van der Waals surface area contributed by atoms with Gasteiger partial charge in [-0.2, -0.15) is 0 Å². The second-order valence-electron chi connectivity index (χ2n) is 7.87. The number of hydrogen-bond acceptors (Lipinski definition) is 4. The third-order valence-corrected chi connectivity index (χ3v) is 6.90. The van der Waals surface area contributed by atoms with Crippen LogP contribution in [-0.2, 0) is 26.2 Å². The Balaban J connectivity index is 1.93. The van der Waals surface area contributed by atoms with Crippen molar-refractivity contribution in [3.05, 3.63) is 35.1 Å². The average molecular weight is 340 g/mol. The summed E-state index contributed by atoms with van der Waals surface area (Å²) >= 11 is 0. The van der Waals surface area contributed by atoms with Crippen LogP contribution in [0.15, 0.2) is 22.8 Å². The van der Waals surface area contributed by atoms with E-state index in [0.717, 1.165) is 42.9 Å². The Labute approximate surface area is 147 Å². The highest BCUT2D eigenvalue weighted by atomic mass is 16.5. The van der Waals surface area contributed by atoms with Crippen molar-refractivity contribution >= 4 is 23.2 Å². The highest BCUT2D eigenvalue weighted by Crippen LogP contribution is 2.57. The van der Waals surface area contributed by atoms with E-state index in [1.54, 1.807) is 6.26 Å². The maximum absolute atomic E-state index is 12.6. The van der Waals surface area contributed by atoms with E-state index in [-0.39, 0.29) is 17.3 Å². The molecule has 3 atom stereocenters. The van der Waals surface area contributed by atoms with Crippen molar-refractivity contribution < 1.29 is 18.7 Å². The number of aryl methyl sites for hydroxylation is 1. The van der Waals surface area contributed by atoms with Crippen LogP contribution < -0.4 is 0 Å². The van der Waals surface area contributed by atoms with Crippen molar-refractivity contribution in [1.29, 1.82) is 0 Å². The monoisotopic (exact) mass is 340 g/mol. The van der Waals surface area contributed by atoms with E-state index in [1.165, 1.54) is 23.8 Å². The average Bonchev–Trinajstić information content (AvgIpc) is 3.09. The molecule has 0 saturated heterocycles. The summed E-state index contributed by atoms with van der Waals surface area (Å²) in [4.78, 5) is 24.7. The number of fused-ring (bicyclic) bond motifs is 4. The van der Waals surface area contributed by atoms with Gasteiger partial charge in [-0.1, -0.05) is 13.3 Å². The van der Waals surface area contributed by atoms with Gasteiger partial charge in [-0.3, -0.25) is 4.79 Å². The lowest BCUT2D eigenvalue weighted by molar-refractivity contribution is -0.164. The zero-order valence-corrected chi connectivity index (χ0v) is 15.1. The first-order valence-corrected chi connectivity index (χ1v) is 9.03. The van der Waals surface area contributed by atoms with Gasteiger partial charge in [0.15, 0.2) is 0 Å². The SMILES string of the molecule is COC(=O)[C@]1(C=O)CCC[C@]2(C)c3cc4occc4c(C)c3CC[C@@H]12. The fourth-order valence-corrected chi connectivity index (χ4v) is 5.63. The van der Waals surface area contributed by atoms with Gasteiger partial charge in [-0.05, 0) is 72.8 Å². The van der Waals surface area contributed by atoms with Gasteiger partial charge in [0.05, 0.1) is 13.4 Å². The van der Waals surface area contributed by atoms with Crippen LogP contribution in [0.3, 0.4) is 0 Å². The number of ether oxygens (including phenoxy) is 1. The van der Waals surface area contributed by atoms with E-state index in [0.29, 0.717) is 6.42 Å². The second-order valence-corrected chi connectivity index (χ2v) is 7.87. The summed E-state index contributed by atoms with van der Waals surface area (Å²) in [5.41, 5.74) is 3.52. The zero-order valence-electron chi connectivity index (χ0n) is 15.1. The third kappa shape index (κ3) is 2.00. The van der Waals surface area contributed by atoms with Gasteiger partial charge in [-0.25, -0.2) is 0 Å². The highest BCUT2D eigenvalue weighted by molar-refractivity contribution is 5.94. The quantitative estimate of drug-likeness (QED) is 0.469. The number of furan rings is 1. The van der Waals surface area contributed by atoms with E-state index < -0.39 is 5.41 Å². The van der Waals surface area contributed by atoms with Crippen molar-refractivity contribution in [2.24, 2.45) is 11.3 Å². The molecule has 1 aromatic carbocycles. The highest BCUT2D eigenvalue weighted by Gasteiger charge is 2.58. The van der Waals surface area contributed by atoms with Crippen molar-refractivity contribution in [3.8, 4) is 0 Å². The van der Waals surface area contributed by atoms with Gasteiger partial charge in [-0.15, -0.1) is 0 Å². The Bertz CT molecular complexity index is 864. The Morgan fingerprint density at radius 1 is 1.40 bits per heavy atom. The minimum absolute atomic E-state index is 0.0296. The number of carbonyl (C=O) groups is 2. The second kappa shape index (κ2) is 5.45. The lowest BCUT2D eigenvalue weighted by Gasteiger charge is -2.53. The normalized spacial score (nSPS) is 31.2. The van der Waals surface area contributed by atoms with E-state index >= 15 is 0 Å². The number of esters is 1. The molecule has 132 valence electrons. The molecule has 2 aliphatic carbocycles. The van der Waals surface area contributed by atoms with Crippen molar-refractivity contribution in [2.45, 2.75) is 51.4 Å². The minimum Gasteiger partial charge on any atom is -0.468 e. The summed E-state index contributed by atoms with van der Waals surface area (Å²) < 4.78 is 10.7. The Morgan fingerprint density at radius 2 is 2.20 bits per heavy atom. The van der Waals surface area contributed by atoms with Crippen LogP contribution >= 0.6 is 0 Å². The Morgan fingerprint density at radius 3 is 2.92 bits per heavy atom. The number of hydrogen-bond donors (Lipinski definition) is 0. The molecule has 1 heterocycles. The molecule has 0 amide bonds. The fraction of sp³-hybridized carbons (Fsp3) is 0.524. The minimum atomic E-state index is -1.02. The first-order chi connectivity index (χ1) is 12.0. The number of methoxy groups -OCH3 is 1. The summed E-state index contributed by atoms with van der Waals surface area (Å²) in [6.45, 7) is 4.36. The van der Waals surface area contributed by atoms with Gasteiger partial charge in [0.25, 0.3) is 0 Å². The van der Waals surface area contributed by atoms with Gasteiger partial charge in [0.2, 0.25) is 0 Å². The van der Waals surface area contributed by atoms with Crippen LogP contribution in [0.5, 0.6) is 0 Å². The largest absolute Gasteiger partial charge is 0.468 e. The lowest BCUT2D eigenvalue weighted by Crippen LogP contribution is -2.55. The molecule has 0 N–H and O–H groups in total. The fourth-order valence-electron chi connectivity index (χ4n) is 5.63. The Hall–Kier alpha value is -2.10. The Kier molecular flexibility index (Phi) is 3.57. The molecule has 4 rings (SSSR count). The molecule has 4 heteroatoms. The summed E-state index contributed by atoms with van der Waals surface area (Å²) in [7, 11) is 1.38. The predicted molar refractivity (Wildman–Crippen MR) is 94.5 cm³/mol. The van der Waals surface area contributed by atoms with E-state index in [1.807, 2.05) is 6.07 Å². The van der Waals surface area contributed by atoms with E-state index in [9.17, 15) is 9.59 Å². The third-order valence-electron chi connectivity index (χ3n) is 6.90. The van der Waals surface area contributed by atoms with E-state index in [4.69, 9.17) is 9.15 Å². The molecule has 2 aromatic rings.